The van der Waals surface area contributed by atoms with Gasteiger partial charge in [0.15, 0.2) is 0 Å². The number of thioether (sulfide) groups is 1. The Hall–Kier alpha value is -1.95. The van der Waals surface area contributed by atoms with Crippen LogP contribution in [0.2, 0.25) is 0 Å². The molecule has 1 aromatic carbocycles. The lowest BCUT2D eigenvalue weighted by Crippen LogP contribution is -2.31. The van der Waals surface area contributed by atoms with E-state index in [1.54, 1.807) is 18.7 Å². The standard InChI is InChI=1S/C14H15N3O2S/c1-9-6-13(18)17-14(16-9)15-7-10-8-20-12-5-3-2-4-11(12)19-10/h2-6,10H,7-8H2,1H3,(H2,15,16,17,18). The molecule has 104 valence electrons. The first-order chi connectivity index (χ1) is 9.70. The molecule has 5 nitrogen and oxygen atoms in total. The number of aryl methyl sites for hydroxylation is 1. The summed E-state index contributed by atoms with van der Waals surface area (Å²) in [6, 6.07) is 9.48. The van der Waals surface area contributed by atoms with E-state index in [2.05, 4.69) is 21.4 Å². The SMILES string of the molecule is Cc1cc(=O)[nH]c(NCC2CSc3ccccc3O2)n1. The fraction of sp³-hybridized carbons (Fsp3) is 0.286. The van der Waals surface area contributed by atoms with Gasteiger partial charge in [-0.25, -0.2) is 4.98 Å². The highest BCUT2D eigenvalue weighted by Crippen LogP contribution is 2.34. The zero-order valence-electron chi connectivity index (χ0n) is 11.1. The van der Waals surface area contributed by atoms with E-state index in [-0.39, 0.29) is 11.7 Å². The van der Waals surface area contributed by atoms with Gasteiger partial charge in [-0.2, -0.15) is 0 Å². The van der Waals surface area contributed by atoms with Crippen molar-refractivity contribution in [2.75, 3.05) is 17.6 Å². The van der Waals surface area contributed by atoms with Gasteiger partial charge >= 0.3 is 0 Å². The van der Waals surface area contributed by atoms with E-state index < -0.39 is 0 Å². The van der Waals surface area contributed by atoms with Gasteiger partial charge in [-0.1, -0.05) is 12.1 Å². The summed E-state index contributed by atoms with van der Waals surface area (Å²) >= 11 is 1.78. The minimum absolute atomic E-state index is 0.0562. The second kappa shape index (κ2) is 5.58. The molecule has 6 heteroatoms. The van der Waals surface area contributed by atoms with Crippen LogP contribution in [0.4, 0.5) is 5.95 Å². The van der Waals surface area contributed by atoms with Crippen molar-refractivity contribution < 1.29 is 4.74 Å². The Labute approximate surface area is 120 Å². The van der Waals surface area contributed by atoms with Crippen molar-refractivity contribution in [3.8, 4) is 5.75 Å². The topological polar surface area (TPSA) is 67.0 Å². The number of ether oxygens (including phenoxy) is 1. The molecule has 0 fully saturated rings. The first kappa shape index (κ1) is 13.1. The summed E-state index contributed by atoms with van der Waals surface area (Å²) in [5.74, 6) is 2.28. The van der Waals surface area contributed by atoms with Crippen LogP contribution in [0.1, 0.15) is 5.69 Å². The Morgan fingerprint density at radius 1 is 1.50 bits per heavy atom. The highest BCUT2D eigenvalue weighted by atomic mass is 32.2. The van der Waals surface area contributed by atoms with Crippen LogP contribution in [0.5, 0.6) is 5.75 Å². The van der Waals surface area contributed by atoms with Crippen molar-refractivity contribution in [2.24, 2.45) is 0 Å². The maximum atomic E-state index is 11.4. The molecule has 0 amide bonds. The van der Waals surface area contributed by atoms with Gasteiger partial charge in [0.25, 0.3) is 5.56 Å². The summed E-state index contributed by atoms with van der Waals surface area (Å²) in [6.07, 6.45) is 0.0562. The summed E-state index contributed by atoms with van der Waals surface area (Å²) in [5, 5.41) is 3.12. The highest BCUT2D eigenvalue weighted by Gasteiger charge is 2.19. The number of benzene rings is 1. The van der Waals surface area contributed by atoms with Crippen LogP contribution in [-0.2, 0) is 0 Å². The van der Waals surface area contributed by atoms with Crippen LogP contribution in [0.15, 0.2) is 40.0 Å². The van der Waals surface area contributed by atoms with Crippen molar-refractivity contribution in [3.63, 3.8) is 0 Å². The number of aromatic amines is 1. The Kier molecular flexibility index (Phi) is 3.64. The molecule has 3 rings (SSSR count). The second-order valence-electron chi connectivity index (χ2n) is 4.61. The summed E-state index contributed by atoms with van der Waals surface area (Å²) in [7, 11) is 0. The molecule has 1 atom stereocenters. The van der Waals surface area contributed by atoms with Gasteiger partial charge in [-0.3, -0.25) is 9.78 Å². The van der Waals surface area contributed by atoms with Crippen LogP contribution in [0.3, 0.4) is 0 Å². The van der Waals surface area contributed by atoms with Gasteiger partial charge in [0, 0.05) is 22.4 Å². The molecule has 0 spiro atoms. The molecule has 2 heterocycles. The summed E-state index contributed by atoms with van der Waals surface area (Å²) < 4.78 is 5.91. The van der Waals surface area contributed by atoms with E-state index in [1.807, 2.05) is 18.2 Å². The molecule has 1 aromatic heterocycles. The van der Waals surface area contributed by atoms with Crippen molar-refractivity contribution in [2.45, 2.75) is 17.9 Å². The third-order valence-electron chi connectivity index (χ3n) is 2.93. The van der Waals surface area contributed by atoms with Crippen molar-refractivity contribution in [3.05, 3.63) is 46.4 Å². The predicted molar refractivity (Wildman–Crippen MR) is 79.7 cm³/mol. The Bertz CT molecular complexity index is 671. The third kappa shape index (κ3) is 2.96. The summed E-state index contributed by atoms with van der Waals surface area (Å²) in [5.41, 5.74) is 0.546. The van der Waals surface area contributed by atoms with Gasteiger partial charge in [-0.05, 0) is 19.1 Å². The highest BCUT2D eigenvalue weighted by molar-refractivity contribution is 7.99. The first-order valence-corrected chi connectivity index (χ1v) is 7.39. The first-order valence-electron chi connectivity index (χ1n) is 6.41. The molecule has 2 aromatic rings. The number of hydrogen-bond acceptors (Lipinski definition) is 5. The van der Waals surface area contributed by atoms with E-state index in [0.29, 0.717) is 18.2 Å². The van der Waals surface area contributed by atoms with E-state index in [0.717, 1.165) is 11.5 Å². The van der Waals surface area contributed by atoms with Crippen LogP contribution in [0.25, 0.3) is 0 Å². The van der Waals surface area contributed by atoms with Crippen LogP contribution in [-0.4, -0.2) is 28.4 Å². The fourth-order valence-electron chi connectivity index (χ4n) is 2.04. The number of rotatable bonds is 3. The quantitative estimate of drug-likeness (QED) is 0.905. The monoisotopic (exact) mass is 289 g/mol. The number of fused-ring (bicyclic) bond motifs is 1. The van der Waals surface area contributed by atoms with Crippen molar-refractivity contribution >= 4 is 17.7 Å². The normalized spacial score (nSPS) is 17.1. The van der Waals surface area contributed by atoms with Gasteiger partial charge in [0.2, 0.25) is 5.95 Å². The molecule has 0 bridgehead atoms. The molecule has 0 saturated heterocycles. The lowest BCUT2D eigenvalue weighted by molar-refractivity contribution is 0.228. The fourth-order valence-corrected chi connectivity index (χ4v) is 3.02. The number of para-hydroxylation sites is 1. The zero-order valence-corrected chi connectivity index (χ0v) is 11.9. The molecule has 0 saturated carbocycles. The number of nitrogens with zero attached hydrogens (tertiary/aromatic N) is 1. The van der Waals surface area contributed by atoms with Crippen LogP contribution < -0.4 is 15.6 Å². The number of nitrogens with one attached hydrogen (secondary N) is 2. The predicted octanol–water partition coefficient (Wildman–Crippen LogP) is 2.04. The average molecular weight is 289 g/mol. The van der Waals surface area contributed by atoms with E-state index in [4.69, 9.17) is 4.74 Å². The minimum Gasteiger partial charge on any atom is -0.487 e. The molecule has 0 aliphatic carbocycles. The third-order valence-corrected chi connectivity index (χ3v) is 4.12. The maximum Gasteiger partial charge on any atom is 0.252 e. The molecule has 2 N–H and O–H groups in total. The number of anilines is 1. The summed E-state index contributed by atoms with van der Waals surface area (Å²) in [4.78, 5) is 19.4. The molecule has 1 aliphatic rings. The average Bonchev–Trinajstić information content (AvgIpc) is 2.44. The van der Waals surface area contributed by atoms with E-state index in [1.165, 1.54) is 11.0 Å². The van der Waals surface area contributed by atoms with Crippen LogP contribution in [0, 0.1) is 6.92 Å². The Morgan fingerprint density at radius 3 is 3.20 bits per heavy atom. The van der Waals surface area contributed by atoms with Gasteiger partial charge in [0.05, 0.1) is 6.54 Å². The molecular weight excluding hydrogens is 274 g/mol. The minimum atomic E-state index is -0.149. The zero-order chi connectivity index (χ0) is 13.9. The Morgan fingerprint density at radius 2 is 2.35 bits per heavy atom. The number of aromatic nitrogens is 2. The lowest BCUT2D eigenvalue weighted by Gasteiger charge is -2.25. The largest absolute Gasteiger partial charge is 0.487 e. The number of H-pyrrole nitrogens is 1. The van der Waals surface area contributed by atoms with Crippen LogP contribution >= 0.6 is 11.8 Å². The summed E-state index contributed by atoms with van der Waals surface area (Å²) in [6.45, 7) is 2.40. The van der Waals surface area contributed by atoms with Crippen molar-refractivity contribution in [1.82, 2.24) is 9.97 Å². The van der Waals surface area contributed by atoms with E-state index in [9.17, 15) is 4.79 Å². The second-order valence-corrected chi connectivity index (χ2v) is 5.68. The smallest absolute Gasteiger partial charge is 0.252 e. The molecule has 0 radical (unpaired) electrons. The Balaban J connectivity index is 1.64. The molecule has 1 aliphatic heterocycles. The molecule has 1 unspecified atom stereocenters. The maximum absolute atomic E-state index is 11.4. The molecular formula is C14H15N3O2S. The molecule has 20 heavy (non-hydrogen) atoms. The van der Waals surface area contributed by atoms with E-state index >= 15 is 0 Å². The van der Waals surface area contributed by atoms with Gasteiger partial charge < -0.3 is 10.1 Å². The lowest BCUT2D eigenvalue weighted by atomic mass is 10.3. The van der Waals surface area contributed by atoms with Gasteiger partial charge in [0.1, 0.15) is 11.9 Å². The number of hydrogen-bond donors (Lipinski definition) is 2. The van der Waals surface area contributed by atoms with Crippen molar-refractivity contribution in [1.29, 1.82) is 0 Å². The van der Waals surface area contributed by atoms with Gasteiger partial charge in [-0.15, -0.1) is 11.8 Å².